The molecule has 5 heteroatoms. The summed E-state index contributed by atoms with van der Waals surface area (Å²) in [6, 6.07) is 8.58. The van der Waals surface area contributed by atoms with Crippen LogP contribution in [-0.4, -0.2) is 33.7 Å². The van der Waals surface area contributed by atoms with Crippen molar-refractivity contribution in [3.63, 3.8) is 0 Å². The molecule has 0 saturated heterocycles. The number of benzene rings is 1. The Bertz CT molecular complexity index is 1210. The van der Waals surface area contributed by atoms with Gasteiger partial charge in [-0.05, 0) is 71.1 Å². The molecule has 0 aromatic heterocycles. The van der Waals surface area contributed by atoms with Crippen molar-refractivity contribution in [3.8, 4) is 0 Å². The minimum atomic E-state index is -1.38. The van der Waals surface area contributed by atoms with Crippen LogP contribution in [0.4, 0.5) is 0 Å². The standard InChI is InChI=1S/C33H42O5/c1-20(2)17-18-33-19-24(15-13-22(5)14-16-25(34)21(3)4)32(6,7)27(31(33)38)29(36)26(30(33)37)28(35)23-11-9-8-10-12-23/h8-13,17,24-25,27,34-35H,3,14-16,18-19H2,1-2,4-7H3/b22-13+,28-26?/t24-,25+,27+,33-/m1/s1. The summed E-state index contributed by atoms with van der Waals surface area (Å²) in [7, 11) is 0. The first-order valence-corrected chi connectivity index (χ1v) is 13.5. The van der Waals surface area contributed by atoms with E-state index in [0.717, 1.165) is 16.7 Å². The van der Waals surface area contributed by atoms with Crippen LogP contribution in [0.3, 0.4) is 0 Å². The number of rotatable bonds is 9. The lowest BCUT2D eigenvalue weighted by Gasteiger charge is -2.53. The van der Waals surface area contributed by atoms with Crippen molar-refractivity contribution in [2.24, 2.45) is 22.7 Å². The molecule has 38 heavy (non-hydrogen) atoms. The van der Waals surface area contributed by atoms with E-state index in [4.69, 9.17) is 0 Å². The molecular formula is C33H42O5. The van der Waals surface area contributed by atoms with Crippen molar-refractivity contribution in [1.82, 2.24) is 0 Å². The van der Waals surface area contributed by atoms with E-state index in [1.165, 1.54) is 0 Å². The molecule has 2 fully saturated rings. The predicted molar refractivity (Wildman–Crippen MR) is 151 cm³/mol. The lowest BCUT2D eigenvalue weighted by Crippen LogP contribution is -2.62. The maximum atomic E-state index is 14.1. The maximum Gasteiger partial charge on any atom is 0.184 e. The van der Waals surface area contributed by atoms with Gasteiger partial charge in [-0.1, -0.05) is 79.6 Å². The molecule has 2 saturated carbocycles. The molecule has 0 unspecified atom stereocenters. The third-order valence-electron chi connectivity index (χ3n) is 8.57. The Balaban J connectivity index is 2.06. The molecule has 0 amide bonds. The van der Waals surface area contributed by atoms with E-state index in [2.05, 4.69) is 12.7 Å². The molecule has 0 spiro atoms. The van der Waals surface area contributed by atoms with Gasteiger partial charge in [0, 0.05) is 5.56 Å². The van der Waals surface area contributed by atoms with Gasteiger partial charge in [-0.25, -0.2) is 0 Å². The fraction of sp³-hybridized carbons (Fsp3) is 0.485. The molecule has 2 aliphatic rings. The van der Waals surface area contributed by atoms with Crippen molar-refractivity contribution in [2.45, 2.75) is 79.8 Å². The minimum absolute atomic E-state index is 0.0925. The summed E-state index contributed by atoms with van der Waals surface area (Å²) >= 11 is 0. The maximum absolute atomic E-state index is 14.1. The molecule has 2 N–H and O–H groups in total. The van der Waals surface area contributed by atoms with Gasteiger partial charge in [0.1, 0.15) is 11.3 Å². The van der Waals surface area contributed by atoms with Gasteiger partial charge >= 0.3 is 0 Å². The van der Waals surface area contributed by atoms with Crippen LogP contribution in [0.15, 0.2) is 71.4 Å². The smallest absolute Gasteiger partial charge is 0.184 e. The fourth-order valence-electron chi connectivity index (χ4n) is 5.85. The fourth-order valence-corrected chi connectivity index (χ4v) is 5.85. The van der Waals surface area contributed by atoms with Gasteiger partial charge in [0.25, 0.3) is 0 Å². The monoisotopic (exact) mass is 518 g/mol. The number of ketones is 3. The van der Waals surface area contributed by atoms with Gasteiger partial charge in [-0.2, -0.15) is 0 Å². The number of Topliss-reactive ketones (excluding diaryl/α,β-unsaturated/α-hetero) is 3. The Labute approximate surface area is 227 Å². The van der Waals surface area contributed by atoms with Crippen LogP contribution in [0.1, 0.15) is 79.2 Å². The van der Waals surface area contributed by atoms with Crippen LogP contribution in [0.5, 0.6) is 0 Å². The Hall–Kier alpha value is -3.05. The lowest BCUT2D eigenvalue weighted by atomic mass is 9.46. The van der Waals surface area contributed by atoms with Crippen molar-refractivity contribution in [2.75, 3.05) is 0 Å². The van der Waals surface area contributed by atoms with Gasteiger partial charge < -0.3 is 10.2 Å². The number of allylic oxidation sites excluding steroid dienone is 5. The number of hydrogen-bond donors (Lipinski definition) is 2. The molecule has 2 bridgehead atoms. The van der Waals surface area contributed by atoms with E-state index in [9.17, 15) is 24.6 Å². The molecule has 5 nitrogen and oxygen atoms in total. The van der Waals surface area contributed by atoms with Crippen LogP contribution < -0.4 is 0 Å². The van der Waals surface area contributed by atoms with Crippen molar-refractivity contribution < 1.29 is 24.6 Å². The summed E-state index contributed by atoms with van der Waals surface area (Å²) in [5, 5.41) is 21.2. The first-order chi connectivity index (χ1) is 17.7. The van der Waals surface area contributed by atoms with E-state index in [0.29, 0.717) is 31.2 Å². The molecule has 2 aliphatic carbocycles. The first kappa shape index (κ1) is 29.5. The highest BCUT2D eigenvalue weighted by Crippen LogP contribution is 2.58. The van der Waals surface area contributed by atoms with E-state index in [-0.39, 0.29) is 29.5 Å². The molecule has 0 heterocycles. The summed E-state index contributed by atoms with van der Waals surface area (Å²) in [5.41, 5.74) is 0.888. The zero-order valence-corrected chi connectivity index (χ0v) is 23.6. The molecule has 1 aromatic carbocycles. The summed E-state index contributed by atoms with van der Waals surface area (Å²) in [5.74, 6) is -2.90. The highest BCUT2D eigenvalue weighted by Gasteiger charge is 2.66. The Morgan fingerprint density at radius 2 is 1.71 bits per heavy atom. The Kier molecular flexibility index (Phi) is 8.82. The largest absolute Gasteiger partial charge is 0.506 e. The lowest BCUT2D eigenvalue weighted by molar-refractivity contribution is -0.162. The number of aliphatic hydroxyl groups excluding tert-OH is 2. The molecule has 1 aromatic rings. The average Bonchev–Trinajstić information content (AvgIpc) is 2.85. The van der Waals surface area contributed by atoms with Crippen molar-refractivity contribution in [1.29, 1.82) is 0 Å². The Morgan fingerprint density at radius 1 is 1.08 bits per heavy atom. The van der Waals surface area contributed by atoms with Crippen LogP contribution >= 0.6 is 0 Å². The number of carbonyl (C=O) groups excluding carboxylic acids is 3. The normalized spacial score (nSPS) is 27.1. The summed E-state index contributed by atoms with van der Waals surface area (Å²) in [6.45, 7) is 15.3. The average molecular weight is 519 g/mol. The SMILES string of the molecule is C=C(C)[C@@H](O)CC/C(C)=C/C[C@@H]1C[C@]2(CC=C(C)C)C(=O)C(=C(O)c3ccccc3)C(=O)[C@@H](C2=O)C1(C)C. The zero-order chi connectivity index (χ0) is 28.4. The highest BCUT2D eigenvalue weighted by molar-refractivity contribution is 6.39. The van der Waals surface area contributed by atoms with Gasteiger partial charge in [0.2, 0.25) is 0 Å². The zero-order valence-electron chi connectivity index (χ0n) is 23.6. The summed E-state index contributed by atoms with van der Waals surface area (Å²) < 4.78 is 0. The minimum Gasteiger partial charge on any atom is -0.506 e. The third-order valence-corrected chi connectivity index (χ3v) is 8.57. The van der Waals surface area contributed by atoms with E-state index in [1.807, 2.05) is 47.6 Å². The number of fused-ring (bicyclic) bond motifs is 2. The second-order valence-corrected chi connectivity index (χ2v) is 12.1. The topological polar surface area (TPSA) is 91.7 Å². The molecule has 4 atom stereocenters. The van der Waals surface area contributed by atoms with Crippen LogP contribution in [0.2, 0.25) is 0 Å². The van der Waals surface area contributed by atoms with E-state index in [1.54, 1.807) is 30.3 Å². The number of hydrogen-bond acceptors (Lipinski definition) is 5. The third kappa shape index (κ3) is 5.54. The molecule has 3 rings (SSSR count). The van der Waals surface area contributed by atoms with Crippen molar-refractivity contribution >= 4 is 23.1 Å². The predicted octanol–water partition coefficient (Wildman–Crippen LogP) is 6.74. The second-order valence-electron chi connectivity index (χ2n) is 12.1. The second kappa shape index (κ2) is 11.4. The van der Waals surface area contributed by atoms with Gasteiger partial charge in [0.05, 0.1) is 17.4 Å². The van der Waals surface area contributed by atoms with Crippen LogP contribution in [0.25, 0.3) is 5.76 Å². The number of aliphatic hydroxyl groups is 2. The summed E-state index contributed by atoms with van der Waals surface area (Å²) in [4.78, 5) is 41.9. The van der Waals surface area contributed by atoms with Crippen LogP contribution in [0, 0.1) is 22.7 Å². The van der Waals surface area contributed by atoms with Gasteiger partial charge in [-0.15, -0.1) is 0 Å². The van der Waals surface area contributed by atoms with Crippen LogP contribution in [-0.2, 0) is 14.4 Å². The molecule has 0 aliphatic heterocycles. The van der Waals surface area contributed by atoms with E-state index < -0.39 is 34.4 Å². The van der Waals surface area contributed by atoms with Gasteiger partial charge in [0.15, 0.2) is 17.3 Å². The van der Waals surface area contributed by atoms with Gasteiger partial charge in [-0.3, -0.25) is 14.4 Å². The van der Waals surface area contributed by atoms with E-state index >= 15 is 0 Å². The van der Waals surface area contributed by atoms with Crippen molar-refractivity contribution in [3.05, 3.63) is 76.9 Å². The Morgan fingerprint density at radius 3 is 2.29 bits per heavy atom. The first-order valence-electron chi connectivity index (χ1n) is 13.5. The summed E-state index contributed by atoms with van der Waals surface area (Å²) in [6.07, 6.45) is 5.90. The molecular weight excluding hydrogens is 476 g/mol. The highest BCUT2D eigenvalue weighted by atomic mass is 16.3. The molecule has 204 valence electrons. The molecule has 0 radical (unpaired) electrons. The number of carbonyl (C=O) groups is 3. The quantitative estimate of drug-likeness (QED) is 0.124.